The van der Waals surface area contributed by atoms with Gasteiger partial charge in [-0.05, 0) is 43.3 Å². The van der Waals surface area contributed by atoms with Crippen molar-refractivity contribution >= 4 is 31.9 Å². The summed E-state index contributed by atoms with van der Waals surface area (Å²) in [5.74, 6) is 0. The molecule has 0 aliphatic heterocycles. The van der Waals surface area contributed by atoms with Gasteiger partial charge in [0, 0.05) is 27.6 Å². The summed E-state index contributed by atoms with van der Waals surface area (Å²) in [6.07, 6.45) is 0. The standard InChI is InChI=1S/C17H20Br2N2/c1-12(20)17(13-7-5-8-15(18)10-13)21(2)11-14-6-3-4-9-16(14)19/h3-10,12,17H,11,20H2,1-2H3. The van der Waals surface area contributed by atoms with Crippen LogP contribution in [-0.4, -0.2) is 18.0 Å². The van der Waals surface area contributed by atoms with Gasteiger partial charge in [-0.15, -0.1) is 0 Å². The lowest BCUT2D eigenvalue weighted by Gasteiger charge is -2.32. The van der Waals surface area contributed by atoms with Crippen LogP contribution in [0.25, 0.3) is 0 Å². The van der Waals surface area contributed by atoms with Crippen molar-refractivity contribution in [1.29, 1.82) is 0 Å². The molecule has 2 aromatic rings. The minimum atomic E-state index is 0.0480. The Morgan fingerprint density at radius 3 is 2.43 bits per heavy atom. The number of hydrogen-bond donors (Lipinski definition) is 1. The second-order valence-corrected chi connectivity index (χ2v) is 7.14. The van der Waals surface area contributed by atoms with Gasteiger partial charge in [-0.1, -0.05) is 62.2 Å². The fourth-order valence-electron chi connectivity index (χ4n) is 2.64. The zero-order valence-corrected chi connectivity index (χ0v) is 15.4. The second-order valence-electron chi connectivity index (χ2n) is 5.37. The van der Waals surface area contributed by atoms with Crippen LogP contribution in [-0.2, 0) is 6.54 Å². The van der Waals surface area contributed by atoms with E-state index >= 15 is 0 Å². The maximum Gasteiger partial charge on any atom is 0.0497 e. The Labute approximate surface area is 143 Å². The molecule has 2 nitrogen and oxygen atoms in total. The molecule has 0 radical (unpaired) electrons. The van der Waals surface area contributed by atoms with Crippen molar-refractivity contribution in [3.8, 4) is 0 Å². The Morgan fingerprint density at radius 1 is 1.10 bits per heavy atom. The molecule has 0 saturated heterocycles. The fourth-order valence-corrected chi connectivity index (χ4v) is 3.47. The van der Waals surface area contributed by atoms with E-state index in [2.05, 4.69) is 87.1 Å². The predicted molar refractivity (Wildman–Crippen MR) is 96.1 cm³/mol. The first-order valence-corrected chi connectivity index (χ1v) is 8.52. The number of nitrogens with zero attached hydrogens (tertiary/aromatic N) is 1. The lowest BCUT2D eigenvalue weighted by Crippen LogP contribution is -2.37. The molecule has 112 valence electrons. The molecule has 0 bridgehead atoms. The van der Waals surface area contributed by atoms with Crippen molar-refractivity contribution in [2.24, 2.45) is 5.73 Å². The highest BCUT2D eigenvalue weighted by atomic mass is 79.9. The summed E-state index contributed by atoms with van der Waals surface area (Å²) in [5.41, 5.74) is 8.74. The fraction of sp³-hybridized carbons (Fsp3) is 0.294. The summed E-state index contributed by atoms with van der Waals surface area (Å²) >= 11 is 7.15. The third-order valence-electron chi connectivity index (χ3n) is 3.54. The molecule has 0 aliphatic carbocycles. The molecule has 0 fully saturated rings. The number of likely N-dealkylation sites (N-methyl/N-ethyl adjacent to an activating group) is 1. The highest BCUT2D eigenvalue weighted by Crippen LogP contribution is 2.27. The van der Waals surface area contributed by atoms with Gasteiger partial charge in [-0.25, -0.2) is 0 Å². The summed E-state index contributed by atoms with van der Waals surface area (Å²) < 4.78 is 2.22. The lowest BCUT2D eigenvalue weighted by molar-refractivity contribution is 0.210. The molecule has 2 unspecified atom stereocenters. The molecule has 0 spiro atoms. The van der Waals surface area contributed by atoms with E-state index in [4.69, 9.17) is 5.73 Å². The van der Waals surface area contributed by atoms with Crippen LogP contribution in [0.15, 0.2) is 57.5 Å². The summed E-state index contributed by atoms with van der Waals surface area (Å²) in [6, 6.07) is 16.9. The van der Waals surface area contributed by atoms with Crippen LogP contribution in [0.2, 0.25) is 0 Å². The monoisotopic (exact) mass is 410 g/mol. The maximum absolute atomic E-state index is 6.24. The molecule has 2 N–H and O–H groups in total. The Bertz CT molecular complexity index is 599. The maximum atomic E-state index is 6.24. The van der Waals surface area contributed by atoms with E-state index in [1.165, 1.54) is 11.1 Å². The SMILES string of the molecule is CC(N)C(c1cccc(Br)c1)N(C)Cc1ccccc1Br. The van der Waals surface area contributed by atoms with Gasteiger partial charge in [-0.3, -0.25) is 4.90 Å². The van der Waals surface area contributed by atoms with Crippen LogP contribution in [0.4, 0.5) is 0 Å². The quantitative estimate of drug-likeness (QED) is 0.770. The highest BCUT2D eigenvalue weighted by Gasteiger charge is 2.22. The minimum absolute atomic E-state index is 0.0480. The van der Waals surface area contributed by atoms with Crippen LogP contribution >= 0.6 is 31.9 Å². The molecule has 2 aromatic carbocycles. The normalized spacial score (nSPS) is 14.2. The molecule has 0 aromatic heterocycles. The first-order valence-electron chi connectivity index (χ1n) is 6.93. The summed E-state index contributed by atoms with van der Waals surface area (Å²) in [6.45, 7) is 2.91. The van der Waals surface area contributed by atoms with Gasteiger partial charge in [0.2, 0.25) is 0 Å². The van der Waals surface area contributed by atoms with Crippen LogP contribution in [0.3, 0.4) is 0 Å². The summed E-state index contributed by atoms with van der Waals surface area (Å²) in [4.78, 5) is 2.30. The van der Waals surface area contributed by atoms with Gasteiger partial charge in [-0.2, -0.15) is 0 Å². The molecule has 21 heavy (non-hydrogen) atoms. The van der Waals surface area contributed by atoms with Crippen LogP contribution < -0.4 is 5.73 Å². The smallest absolute Gasteiger partial charge is 0.0497 e. The van der Waals surface area contributed by atoms with Gasteiger partial charge in [0.1, 0.15) is 0 Å². The molecule has 2 rings (SSSR count). The van der Waals surface area contributed by atoms with Crippen molar-refractivity contribution in [3.63, 3.8) is 0 Å². The van der Waals surface area contributed by atoms with E-state index in [1.54, 1.807) is 0 Å². The Hall–Kier alpha value is -0.680. The zero-order chi connectivity index (χ0) is 15.4. The number of halogens is 2. The van der Waals surface area contributed by atoms with E-state index in [-0.39, 0.29) is 12.1 Å². The van der Waals surface area contributed by atoms with Crippen molar-refractivity contribution in [2.75, 3.05) is 7.05 Å². The van der Waals surface area contributed by atoms with E-state index < -0.39 is 0 Å². The van der Waals surface area contributed by atoms with E-state index in [0.29, 0.717) is 0 Å². The number of rotatable bonds is 5. The zero-order valence-electron chi connectivity index (χ0n) is 12.3. The van der Waals surface area contributed by atoms with Gasteiger partial charge >= 0.3 is 0 Å². The summed E-state index contributed by atoms with van der Waals surface area (Å²) in [7, 11) is 2.12. The van der Waals surface area contributed by atoms with Crippen molar-refractivity contribution in [1.82, 2.24) is 4.90 Å². The third kappa shape index (κ3) is 4.39. The van der Waals surface area contributed by atoms with E-state index in [1.807, 2.05) is 12.1 Å². The molecule has 0 heterocycles. The molecule has 0 aliphatic rings. The summed E-state index contributed by atoms with van der Waals surface area (Å²) in [5, 5.41) is 0. The van der Waals surface area contributed by atoms with Crippen LogP contribution in [0.1, 0.15) is 24.1 Å². The van der Waals surface area contributed by atoms with Crippen molar-refractivity contribution < 1.29 is 0 Å². The minimum Gasteiger partial charge on any atom is -0.326 e. The molecule has 0 saturated carbocycles. The number of hydrogen-bond acceptors (Lipinski definition) is 2. The topological polar surface area (TPSA) is 29.3 Å². The van der Waals surface area contributed by atoms with Crippen LogP contribution in [0.5, 0.6) is 0 Å². The Kier molecular flexibility index (Phi) is 5.99. The molecule has 4 heteroatoms. The van der Waals surface area contributed by atoms with Gasteiger partial charge in [0.25, 0.3) is 0 Å². The number of benzene rings is 2. The lowest BCUT2D eigenvalue weighted by atomic mass is 9.99. The number of nitrogens with two attached hydrogens (primary N) is 1. The van der Waals surface area contributed by atoms with E-state index in [9.17, 15) is 0 Å². The molecular formula is C17H20Br2N2. The largest absolute Gasteiger partial charge is 0.326 e. The van der Waals surface area contributed by atoms with Gasteiger partial charge in [0.05, 0.1) is 0 Å². The average molecular weight is 412 g/mol. The second kappa shape index (κ2) is 7.54. The first-order chi connectivity index (χ1) is 9.99. The van der Waals surface area contributed by atoms with Crippen LogP contribution in [0, 0.1) is 0 Å². The molecular weight excluding hydrogens is 392 g/mol. The third-order valence-corrected chi connectivity index (χ3v) is 4.81. The van der Waals surface area contributed by atoms with E-state index in [0.717, 1.165) is 15.5 Å². The molecule has 0 amide bonds. The van der Waals surface area contributed by atoms with Gasteiger partial charge < -0.3 is 5.73 Å². The predicted octanol–water partition coefficient (Wildman–Crippen LogP) is 4.73. The highest BCUT2D eigenvalue weighted by molar-refractivity contribution is 9.10. The Balaban J connectivity index is 2.24. The van der Waals surface area contributed by atoms with Crippen molar-refractivity contribution in [3.05, 3.63) is 68.6 Å². The van der Waals surface area contributed by atoms with Crippen molar-refractivity contribution in [2.45, 2.75) is 25.6 Å². The Morgan fingerprint density at radius 2 is 1.81 bits per heavy atom. The first kappa shape index (κ1) is 16.7. The average Bonchev–Trinajstić information content (AvgIpc) is 2.41. The van der Waals surface area contributed by atoms with Gasteiger partial charge in [0.15, 0.2) is 0 Å². The molecule has 2 atom stereocenters.